The summed E-state index contributed by atoms with van der Waals surface area (Å²) in [5, 5.41) is 0. The smallest absolute Gasteiger partial charge is 0.251 e. The van der Waals surface area contributed by atoms with Crippen molar-refractivity contribution < 1.29 is 4.74 Å². The number of hydrogen-bond acceptors (Lipinski definition) is 4. The molecule has 27 heavy (non-hydrogen) atoms. The Morgan fingerprint density at radius 3 is 2.63 bits per heavy atom. The van der Waals surface area contributed by atoms with Gasteiger partial charge in [0.2, 0.25) is 0 Å². The third-order valence-electron chi connectivity index (χ3n) is 7.35. The van der Waals surface area contributed by atoms with E-state index in [2.05, 4.69) is 58.1 Å². The zero-order valence-corrected chi connectivity index (χ0v) is 15.6. The van der Waals surface area contributed by atoms with Gasteiger partial charge in [-0.05, 0) is 36.7 Å². The molecule has 1 unspecified atom stereocenters. The number of morpholine rings is 1. The molecule has 0 spiro atoms. The third kappa shape index (κ3) is 2.18. The fourth-order valence-electron chi connectivity index (χ4n) is 6.06. The average molecular weight is 363 g/mol. The fourth-order valence-corrected chi connectivity index (χ4v) is 6.06. The Labute approximate surface area is 158 Å². The minimum Gasteiger partial charge on any atom is -0.378 e. The van der Waals surface area contributed by atoms with Crippen LogP contribution in [0, 0.1) is 17.8 Å². The lowest BCUT2D eigenvalue weighted by molar-refractivity contribution is 0.122. The Hall–Kier alpha value is -2.27. The van der Waals surface area contributed by atoms with Gasteiger partial charge in [0.1, 0.15) is 5.82 Å². The maximum absolute atomic E-state index is 12.5. The average Bonchev–Trinajstić information content (AvgIpc) is 3.54. The number of rotatable bonds is 4. The first-order chi connectivity index (χ1) is 13.2. The third-order valence-corrected chi connectivity index (χ3v) is 7.35. The summed E-state index contributed by atoms with van der Waals surface area (Å²) in [7, 11) is 0. The van der Waals surface area contributed by atoms with Crippen LogP contribution in [-0.2, 0) is 11.2 Å². The van der Waals surface area contributed by atoms with Gasteiger partial charge in [0.15, 0.2) is 0 Å². The number of H-pyrrole nitrogens is 1. The SMILES string of the molecule is C[C@@]12C3[C@@H]([C@H](Cc4ccccc4)N1c1cc(N4CCOCC4)cc(=O)[nH]1)[C@H]32. The number of nitrogens with one attached hydrogen (secondary N) is 1. The zero-order chi connectivity index (χ0) is 18.2. The highest BCUT2D eigenvalue weighted by atomic mass is 16.5. The van der Waals surface area contributed by atoms with Crippen LogP contribution in [0.1, 0.15) is 12.5 Å². The van der Waals surface area contributed by atoms with Gasteiger partial charge in [-0.25, -0.2) is 0 Å². The van der Waals surface area contributed by atoms with Crippen LogP contribution in [0.15, 0.2) is 47.3 Å². The van der Waals surface area contributed by atoms with E-state index in [1.807, 2.05) is 0 Å². The highest BCUT2D eigenvalue weighted by molar-refractivity contribution is 5.65. The van der Waals surface area contributed by atoms with Crippen molar-refractivity contribution in [3.63, 3.8) is 0 Å². The number of fused-ring (bicyclic) bond motifs is 1. The normalized spacial score (nSPS) is 35.9. The van der Waals surface area contributed by atoms with Gasteiger partial charge in [-0.3, -0.25) is 4.79 Å². The highest BCUT2D eigenvalue weighted by Gasteiger charge is 2.91. The maximum Gasteiger partial charge on any atom is 0.251 e. The Morgan fingerprint density at radius 2 is 1.89 bits per heavy atom. The lowest BCUT2D eigenvalue weighted by Crippen LogP contribution is -2.40. The highest BCUT2D eigenvalue weighted by Crippen LogP contribution is 2.85. The number of anilines is 2. The molecule has 1 N–H and O–H groups in total. The molecule has 0 amide bonds. The van der Waals surface area contributed by atoms with E-state index in [9.17, 15) is 4.79 Å². The monoisotopic (exact) mass is 363 g/mol. The largest absolute Gasteiger partial charge is 0.378 e. The van der Waals surface area contributed by atoms with E-state index < -0.39 is 0 Å². The van der Waals surface area contributed by atoms with Crippen molar-refractivity contribution in [1.29, 1.82) is 0 Å². The van der Waals surface area contributed by atoms with Gasteiger partial charge >= 0.3 is 0 Å². The van der Waals surface area contributed by atoms with Crippen molar-refractivity contribution >= 4 is 11.5 Å². The summed E-state index contributed by atoms with van der Waals surface area (Å²) in [4.78, 5) is 20.4. The van der Waals surface area contributed by atoms with Crippen LogP contribution < -0.4 is 15.4 Å². The summed E-state index contributed by atoms with van der Waals surface area (Å²) >= 11 is 0. The minimum atomic E-state index is -0.00449. The molecular formula is C22H25N3O2. The van der Waals surface area contributed by atoms with E-state index in [-0.39, 0.29) is 11.1 Å². The summed E-state index contributed by atoms with van der Waals surface area (Å²) in [6.45, 7) is 5.53. The van der Waals surface area contributed by atoms with E-state index in [0.717, 1.165) is 62.0 Å². The number of aromatic amines is 1. The van der Waals surface area contributed by atoms with Gasteiger partial charge in [-0.2, -0.15) is 0 Å². The molecule has 3 saturated heterocycles. The summed E-state index contributed by atoms with van der Waals surface area (Å²) < 4.78 is 5.47. The second kappa shape index (κ2) is 5.38. The van der Waals surface area contributed by atoms with Crippen molar-refractivity contribution in [3.05, 3.63) is 58.4 Å². The first-order valence-electron chi connectivity index (χ1n) is 10.1. The second-order valence-electron chi connectivity index (χ2n) is 8.67. The molecule has 0 radical (unpaired) electrons. The number of benzene rings is 1. The van der Waals surface area contributed by atoms with Gasteiger partial charge in [-0.1, -0.05) is 30.3 Å². The van der Waals surface area contributed by atoms with Crippen molar-refractivity contribution in [2.45, 2.75) is 24.9 Å². The number of hydrogen-bond donors (Lipinski definition) is 1. The van der Waals surface area contributed by atoms with Gasteiger partial charge in [0.05, 0.1) is 13.2 Å². The molecule has 140 valence electrons. The minimum absolute atomic E-state index is 0.00449. The van der Waals surface area contributed by atoms with Crippen LogP contribution in [0.4, 0.5) is 11.5 Å². The van der Waals surface area contributed by atoms with Crippen LogP contribution in [-0.4, -0.2) is 42.9 Å². The maximum atomic E-state index is 12.5. The molecule has 7 rings (SSSR count). The summed E-state index contributed by atoms with van der Waals surface area (Å²) in [5.41, 5.74) is 2.65. The van der Waals surface area contributed by atoms with Crippen LogP contribution in [0.25, 0.3) is 0 Å². The molecular weight excluding hydrogens is 338 g/mol. The second-order valence-corrected chi connectivity index (χ2v) is 8.67. The number of ether oxygens (including phenoxy) is 1. The van der Waals surface area contributed by atoms with Crippen molar-refractivity contribution in [2.24, 2.45) is 17.8 Å². The Bertz CT molecular complexity index is 924. The van der Waals surface area contributed by atoms with Gasteiger partial charge in [-0.15, -0.1) is 0 Å². The molecule has 1 aromatic heterocycles. The molecule has 4 heterocycles. The lowest BCUT2D eigenvalue weighted by atomic mass is 9.99. The van der Waals surface area contributed by atoms with Crippen molar-refractivity contribution in [3.8, 4) is 0 Å². The molecule has 5 nitrogen and oxygen atoms in total. The number of pyridine rings is 1. The molecule has 2 aromatic rings. The number of aromatic nitrogens is 1. The van der Waals surface area contributed by atoms with Crippen LogP contribution in [0.2, 0.25) is 0 Å². The van der Waals surface area contributed by atoms with Crippen molar-refractivity contribution in [2.75, 3.05) is 36.1 Å². The molecule has 1 aromatic carbocycles. The van der Waals surface area contributed by atoms with E-state index in [0.29, 0.717) is 6.04 Å². The summed E-state index contributed by atoms with van der Waals surface area (Å²) in [6.07, 6.45) is 1.05. The molecule has 5 aliphatic rings. The van der Waals surface area contributed by atoms with Crippen molar-refractivity contribution in [1.82, 2.24) is 4.98 Å². The van der Waals surface area contributed by atoms with Crippen LogP contribution in [0.3, 0.4) is 0 Å². The quantitative estimate of drug-likeness (QED) is 0.905. The fraction of sp³-hybridized carbons (Fsp3) is 0.500. The first kappa shape index (κ1) is 15.8. The molecule has 3 aliphatic heterocycles. The Kier molecular flexibility index (Phi) is 3.14. The molecule has 5 heteroatoms. The molecule has 5 atom stereocenters. The molecule has 2 aliphatic carbocycles. The summed E-state index contributed by atoms with van der Waals surface area (Å²) in [6, 6.07) is 15.2. The predicted octanol–water partition coefficient (Wildman–Crippen LogP) is 2.28. The first-order valence-corrected chi connectivity index (χ1v) is 10.1. The Balaban J connectivity index is 1.35. The summed E-state index contributed by atoms with van der Waals surface area (Å²) in [5.74, 6) is 3.44. The lowest BCUT2D eigenvalue weighted by Gasteiger charge is -2.33. The van der Waals surface area contributed by atoms with Gasteiger partial charge < -0.3 is 19.5 Å². The van der Waals surface area contributed by atoms with Crippen LogP contribution in [0.5, 0.6) is 0 Å². The molecule has 2 bridgehead atoms. The van der Waals surface area contributed by atoms with E-state index in [1.54, 1.807) is 6.07 Å². The number of nitrogens with zero attached hydrogens (tertiary/aromatic N) is 2. The van der Waals surface area contributed by atoms with Gasteiger partial charge in [0.25, 0.3) is 5.56 Å². The predicted molar refractivity (Wildman–Crippen MR) is 105 cm³/mol. The Morgan fingerprint density at radius 1 is 1.15 bits per heavy atom. The topological polar surface area (TPSA) is 48.6 Å². The standard InChI is InChI=1S/C22H25N3O2/c1-22-20-19(21(20)22)16(11-14-5-3-2-4-6-14)25(22)17-12-15(13-18(26)23-17)24-7-9-27-10-8-24/h2-6,12-13,16,19-21H,7-11H2,1H3,(H,23,26)/t16-,19-,20+,21?,22+/m0/s1. The molecule has 2 saturated carbocycles. The molecule has 5 fully saturated rings. The van der Waals surface area contributed by atoms with E-state index in [4.69, 9.17) is 4.74 Å². The van der Waals surface area contributed by atoms with E-state index >= 15 is 0 Å². The van der Waals surface area contributed by atoms with E-state index in [1.165, 1.54) is 5.56 Å². The van der Waals surface area contributed by atoms with Gasteiger partial charge in [0, 0.05) is 42.5 Å². The number of piperidine rings is 1. The zero-order valence-electron chi connectivity index (χ0n) is 15.6. The van der Waals surface area contributed by atoms with Crippen LogP contribution >= 0.6 is 0 Å².